The fourth-order valence-corrected chi connectivity index (χ4v) is 3.48. The molecule has 0 unspecified atom stereocenters. The quantitative estimate of drug-likeness (QED) is 0.209. The molecule has 0 radical (unpaired) electrons. The van der Waals surface area contributed by atoms with E-state index in [0.717, 1.165) is 29.1 Å². The van der Waals surface area contributed by atoms with Crippen LogP contribution in [0.2, 0.25) is 10.0 Å². The molecule has 1 aliphatic rings. The predicted molar refractivity (Wildman–Crippen MR) is 138 cm³/mol. The molecule has 172 valence electrons. The van der Waals surface area contributed by atoms with Crippen LogP contribution in [0.5, 0.6) is 0 Å². The van der Waals surface area contributed by atoms with Crippen molar-refractivity contribution < 1.29 is 20.1 Å². The van der Waals surface area contributed by atoms with Crippen molar-refractivity contribution in [2.24, 2.45) is 0 Å². The summed E-state index contributed by atoms with van der Waals surface area (Å²) in [6.45, 7) is 5.01. The summed E-state index contributed by atoms with van der Waals surface area (Å²) >= 11 is 11.8. The number of hydrogen-bond donors (Lipinski definition) is 0. The zero-order chi connectivity index (χ0) is 23.0. The second-order valence-electron chi connectivity index (χ2n) is 7.24. The van der Waals surface area contributed by atoms with E-state index in [0.29, 0.717) is 10.0 Å². The number of aromatic nitrogens is 1. The molecular formula is C28H22Cl2IrN3. The van der Waals surface area contributed by atoms with E-state index in [9.17, 15) is 0 Å². The Kier molecular flexibility index (Phi) is 9.73. The van der Waals surface area contributed by atoms with Crippen molar-refractivity contribution in [3.05, 3.63) is 126 Å². The summed E-state index contributed by atoms with van der Waals surface area (Å²) < 4.78 is 0. The van der Waals surface area contributed by atoms with Gasteiger partial charge in [-0.15, -0.1) is 59.2 Å². The third-order valence-corrected chi connectivity index (χ3v) is 5.75. The topological polar surface area (TPSA) is 19.4 Å². The van der Waals surface area contributed by atoms with Crippen molar-refractivity contribution in [1.29, 1.82) is 0 Å². The van der Waals surface area contributed by atoms with Crippen LogP contribution in [0.1, 0.15) is 6.92 Å². The van der Waals surface area contributed by atoms with Crippen molar-refractivity contribution in [3.8, 4) is 22.4 Å². The van der Waals surface area contributed by atoms with Crippen molar-refractivity contribution in [1.82, 2.24) is 9.88 Å². The molecule has 0 saturated carbocycles. The predicted octanol–water partition coefficient (Wildman–Crippen LogP) is 7.74. The maximum absolute atomic E-state index is 5.93. The Morgan fingerprint density at radius 3 is 2.29 bits per heavy atom. The van der Waals surface area contributed by atoms with Crippen LogP contribution < -0.4 is 4.90 Å². The number of benzene rings is 3. The van der Waals surface area contributed by atoms with Crippen molar-refractivity contribution in [2.45, 2.75) is 6.92 Å². The first-order valence-corrected chi connectivity index (χ1v) is 11.3. The molecule has 5 rings (SSSR count). The molecule has 1 aromatic heterocycles. The molecular weight excluding hydrogens is 641 g/mol. The van der Waals surface area contributed by atoms with Gasteiger partial charge in [0.15, 0.2) is 0 Å². The van der Waals surface area contributed by atoms with Gasteiger partial charge in [0, 0.05) is 6.20 Å². The van der Waals surface area contributed by atoms with Crippen LogP contribution in [-0.2, 0) is 20.1 Å². The summed E-state index contributed by atoms with van der Waals surface area (Å²) in [7, 11) is 0. The SMILES string of the molecule is CCN1C=CN(c2[c-]cc(Cl)c(Cl)c2)[CH-]1.[Ir+3].[c-]1ccccc1-c1ccc(-c2ccccc2)cn1. The Labute approximate surface area is 225 Å². The largest absolute Gasteiger partial charge is 3.00 e. The number of rotatable bonds is 4. The Morgan fingerprint density at radius 2 is 1.68 bits per heavy atom. The molecule has 0 amide bonds. The van der Waals surface area contributed by atoms with E-state index in [1.165, 1.54) is 5.56 Å². The third kappa shape index (κ3) is 6.71. The number of pyridine rings is 1. The van der Waals surface area contributed by atoms with Gasteiger partial charge in [-0.2, -0.15) is 30.4 Å². The van der Waals surface area contributed by atoms with Gasteiger partial charge in [0.05, 0.1) is 0 Å². The molecule has 0 saturated heterocycles. The second kappa shape index (κ2) is 12.7. The first-order valence-electron chi connectivity index (χ1n) is 10.6. The Bertz CT molecular complexity index is 1140. The van der Waals surface area contributed by atoms with Gasteiger partial charge in [0.25, 0.3) is 0 Å². The van der Waals surface area contributed by atoms with Gasteiger partial charge in [0.2, 0.25) is 0 Å². The van der Waals surface area contributed by atoms with E-state index in [2.05, 4.69) is 47.1 Å². The van der Waals surface area contributed by atoms with Crippen LogP contribution in [0.25, 0.3) is 22.4 Å². The summed E-state index contributed by atoms with van der Waals surface area (Å²) in [6.07, 6.45) is 5.86. The molecule has 3 aromatic carbocycles. The second-order valence-corrected chi connectivity index (χ2v) is 8.05. The van der Waals surface area contributed by atoms with E-state index < -0.39 is 0 Å². The molecule has 2 heterocycles. The molecule has 3 nitrogen and oxygen atoms in total. The van der Waals surface area contributed by atoms with Crippen molar-refractivity contribution in [2.75, 3.05) is 11.4 Å². The summed E-state index contributed by atoms with van der Waals surface area (Å²) in [5.41, 5.74) is 5.19. The summed E-state index contributed by atoms with van der Waals surface area (Å²) in [5, 5.41) is 1.07. The van der Waals surface area contributed by atoms with E-state index >= 15 is 0 Å². The van der Waals surface area contributed by atoms with E-state index in [4.69, 9.17) is 23.2 Å². The summed E-state index contributed by atoms with van der Waals surface area (Å²) in [4.78, 5) is 8.51. The fraction of sp³-hybridized carbons (Fsp3) is 0.0714. The van der Waals surface area contributed by atoms with Gasteiger partial charge < -0.3 is 14.8 Å². The number of hydrogen-bond acceptors (Lipinski definition) is 3. The summed E-state index contributed by atoms with van der Waals surface area (Å²) in [6, 6.07) is 32.0. The number of halogens is 2. The molecule has 0 spiro atoms. The van der Waals surface area contributed by atoms with Gasteiger partial charge in [-0.1, -0.05) is 54.4 Å². The smallest absolute Gasteiger partial charge is 0.508 e. The molecule has 0 bridgehead atoms. The Hall–Kier alpha value is -2.62. The zero-order valence-corrected chi connectivity index (χ0v) is 22.4. The Morgan fingerprint density at radius 1 is 0.882 bits per heavy atom. The van der Waals surface area contributed by atoms with Gasteiger partial charge in [-0.3, -0.25) is 0 Å². The van der Waals surface area contributed by atoms with Crippen LogP contribution in [0.3, 0.4) is 0 Å². The maximum Gasteiger partial charge on any atom is 3.00 e. The minimum absolute atomic E-state index is 0. The molecule has 34 heavy (non-hydrogen) atoms. The van der Waals surface area contributed by atoms with Gasteiger partial charge in [-0.05, 0) is 40.8 Å². The van der Waals surface area contributed by atoms with Gasteiger partial charge in [0.1, 0.15) is 0 Å². The molecule has 1 aliphatic heterocycles. The summed E-state index contributed by atoms with van der Waals surface area (Å²) in [5.74, 6) is 0. The van der Waals surface area contributed by atoms with Gasteiger partial charge in [-0.25, -0.2) is 0 Å². The normalized spacial score (nSPS) is 12.1. The number of anilines is 1. The molecule has 0 aliphatic carbocycles. The van der Waals surface area contributed by atoms with Crippen molar-refractivity contribution >= 4 is 28.9 Å². The van der Waals surface area contributed by atoms with Crippen LogP contribution in [0, 0.1) is 18.8 Å². The first-order chi connectivity index (χ1) is 16.1. The standard InChI is InChI=1S/C17H12N.C11H10Cl2N2.Ir/c1-3-7-14(8-4-1)16-11-12-17(18-13-16)15-9-5-2-6-10-15;1-2-14-5-6-15(8-14)9-3-4-10(12)11(13)7-9;/h1-9,11-13H;4-8H,2H2,1H3;/q-1;-2;+3. The van der Waals surface area contributed by atoms with Crippen LogP contribution in [0.4, 0.5) is 5.69 Å². The zero-order valence-electron chi connectivity index (χ0n) is 18.5. The number of nitrogens with zero attached hydrogens (tertiary/aromatic N) is 3. The minimum atomic E-state index is 0. The Balaban J connectivity index is 0.000000188. The molecule has 0 N–H and O–H groups in total. The third-order valence-electron chi connectivity index (χ3n) is 5.03. The van der Waals surface area contributed by atoms with Crippen molar-refractivity contribution in [3.63, 3.8) is 0 Å². The van der Waals surface area contributed by atoms with E-state index in [1.807, 2.05) is 78.7 Å². The fourth-order valence-electron chi connectivity index (χ4n) is 3.22. The molecule has 0 fully saturated rings. The maximum atomic E-state index is 5.93. The van der Waals surface area contributed by atoms with E-state index in [1.54, 1.807) is 12.1 Å². The average molecular weight is 664 g/mol. The average Bonchev–Trinajstić information content (AvgIpc) is 3.37. The molecule has 4 aromatic rings. The van der Waals surface area contributed by atoms with Crippen LogP contribution >= 0.6 is 23.2 Å². The van der Waals surface area contributed by atoms with Gasteiger partial charge >= 0.3 is 20.1 Å². The van der Waals surface area contributed by atoms with E-state index in [-0.39, 0.29) is 20.1 Å². The monoisotopic (exact) mass is 663 g/mol. The van der Waals surface area contributed by atoms with Crippen LogP contribution in [0.15, 0.2) is 97.5 Å². The first kappa shape index (κ1) is 26.0. The molecule has 0 atom stereocenters. The van der Waals surface area contributed by atoms with Crippen LogP contribution in [-0.4, -0.2) is 16.4 Å². The molecule has 6 heteroatoms. The minimum Gasteiger partial charge on any atom is -0.508 e.